The average Bonchev–Trinajstić information content (AvgIpc) is 2.82. The summed E-state index contributed by atoms with van der Waals surface area (Å²) in [5, 5.41) is 4.44. The molecule has 0 radical (unpaired) electrons. The Balaban J connectivity index is 1.70. The molecule has 0 spiro atoms. The van der Waals surface area contributed by atoms with Gasteiger partial charge in [0.2, 0.25) is 0 Å². The van der Waals surface area contributed by atoms with Crippen LogP contribution in [-0.2, 0) is 13.5 Å². The molecule has 3 heterocycles. The fourth-order valence-electron chi connectivity index (χ4n) is 4.22. The highest BCUT2D eigenvalue weighted by Crippen LogP contribution is 2.39. The molecular weight excluding hydrogens is 250 g/mol. The van der Waals surface area contributed by atoms with Crippen molar-refractivity contribution >= 4 is 0 Å². The molecule has 2 aliphatic rings. The quantitative estimate of drug-likeness (QED) is 0.636. The molecule has 0 aromatic carbocycles. The first-order valence-corrected chi connectivity index (χ1v) is 7.76. The molecule has 2 bridgehead atoms. The molecule has 0 aliphatic carbocycles. The third-order valence-electron chi connectivity index (χ3n) is 5.45. The predicted octanol–water partition coefficient (Wildman–Crippen LogP) is 0.976. The van der Waals surface area contributed by atoms with Gasteiger partial charge in [0.05, 0.1) is 5.69 Å². The maximum absolute atomic E-state index is 5.86. The van der Waals surface area contributed by atoms with Gasteiger partial charge in [-0.2, -0.15) is 5.10 Å². The summed E-state index contributed by atoms with van der Waals surface area (Å²) in [4.78, 5) is 2.58. The van der Waals surface area contributed by atoms with E-state index >= 15 is 0 Å². The van der Waals surface area contributed by atoms with E-state index in [-0.39, 0.29) is 0 Å². The predicted molar refractivity (Wildman–Crippen MR) is 80.1 cm³/mol. The summed E-state index contributed by atoms with van der Waals surface area (Å²) in [5.41, 5.74) is 5.44. The standard InChI is InChI=1S/C15H27N5/c1-10-6-14(20(3)18-10)9-15(17-16)11-7-12-4-5-13(8-11)19(12)2/h6,11-13,15,17H,4-5,7-9,16H2,1-3H3. The van der Waals surface area contributed by atoms with Crippen LogP contribution in [0.1, 0.15) is 37.1 Å². The maximum Gasteiger partial charge on any atom is 0.0596 e. The lowest BCUT2D eigenvalue weighted by Crippen LogP contribution is -2.49. The lowest BCUT2D eigenvalue weighted by Gasteiger charge is -2.39. The van der Waals surface area contributed by atoms with E-state index in [1.807, 2.05) is 18.7 Å². The summed E-state index contributed by atoms with van der Waals surface area (Å²) in [7, 11) is 4.31. The number of fused-ring (bicyclic) bond motifs is 2. The van der Waals surface area contributed by atoms with E-state index in [9.17, 15) is 0 Å². The number of nitrogens with two attached hydrogens (primary N) is 1. The monoisotopic (exact) mass is 277 g/mol. The molecule has 2 fully saturated rings. The fraction of sp³-hybridized carbons (Fsp3) is 0.800. The second-order valence-electron chi connectivity index (χ2n) is 6.66. The van der Waals surface area contributed by atoms with Crippen LogP contribution in [0.5, 0.6) is 0 Å². The lowest BCUT2D eigenvalue weighted by molar-refractivity contribution is 0.112. The van der Waals surface area contributed by atoms with Crippen LogP contribution < -0.4 is 11.3 Å². The Morgan fingerprint density at radius 3 is 2.50 bits per heavy atom. The number of piperidine rings is 1. The molecule has 2 saturated heterocycles. The molecule has 0 amide bonds. The van der Waals surface area contributed by atoms with E-state index in [2.05, 4.69) is 28.5 Å². The van der Waals surface area contributed by atoms with E-state index in [0.717, 1.165) is 24.2 Å². The van der Waals surface area contributed by atoms with E-state index in [4.69, 9.17) is 5.84 Å². The number of hydrazine groups is 1. The second kappa shape index (κ2) is 5.47. The normalized spacial score (nSPS) is 31.7. The SMILES string of the molecule is Cc1cc(CC(NN)C2CC3CCC(C2)N3C)n(C)n1. The molecule has 1 aromatic heterocycles. The van der Waals surface area contributed by atoms with Gasteiger partial charge in [-0.25, -0.2) is 0 Å². The smallest absolute Gasteiger partial charge is 0.0596 e. The van der Waals surface area contributed by atoms with Gasteiger partial charge in [-0.05, 0) is 51.6 Å². The largest absolute Gasteiger partial charge is 0.300 e. The molecule has 5 heteroatoms. The Labute approximate surface area is 121 Å². The van der Waals surface area contributed by atoms with Crippen molar-refractivity contribution in [3.05, 3.63) is 17.5 Å². The van der Waals surface area contributed by atoms with Crippen LogP contribution in [0, 0.1) is 12.8 Å². The molecule has 2 aliphatic heterocycles. The lowest BCUT2D eigenvalue weighted by atomic mass is 9.83. The van der Waals surface area contributed by atoms with Crippen LogP contribution in [-0.4, -0.2) is 39.9 Å². The molecular formula is C15H27N5. The van der Waals surface area contributed by atoms with Crippen LogP contribution in [0.3, 0.4) is 0 Å². The van der Waals surface area contributed by atoms with Crippen molar-refractivity contribution in [2.75, 3.05) is 7.05 Å². The van der Waals surface area contributed by atoms with Crippen molar-refractivity contribution in [3.63, 3.8) is 0 Å². The maximum atomic E-state index is 5.86. The van der Waals surface area contributed by atoms with Crippen LogP contribution in [0.2, 0.25) is 0 Å². The van der Waals surface area contributed by atoms with Gasteiger partial charge in [-0.15, -0.1) is 0 Å². The van der Waals surface area contributed by atoms with Crippen molar-refractivity contribution in [3.8, 4) is 0 Å². The molecule has 3 atom stereocenters. The highest BCUT2D eigenvalue weighted by molar-refractivity contribution is 5.11. The molecule has 20 heavy (non-hydrogen) atoms. The highest BCUT2D eigenvalue weighted by Gasteiger charge is 2.40. The van der Waals surface area contributed by atoms with Gasteiger partial charge in [-0.3, -0.25) is 16.0 Å². The van der Waals surface area contributed by atoms with Crippen molar-refractivity contribution in [2.24, 2.45) is 18.8 Å². The van der Waals surface area contributed by atoms with Gasteiger partial charge in [0.1, 0.15) is 0 Å². The third kappa shape index (κ3) is 2.50. The van der Waals surface area contributed by atoms with E-state index in [1.54, 1.807) is 0 Å². The summed E-state index contributed by atoms with van der Waals surface area (Å²) < 4.78 is 1.99. The van der Waals surface area contributed by atoms with Gasteiger partial charge < -0.3 is 4.90 Å². The van der Waals surface area contributed by atoms with Crippen LogP contribution in [0.4, 0.5) is 0 Å². The van der Waals surface area contributed by atoms with Crippen LogP contribution in [0.25, 0.3) is 0 Å². The minimum absolute atomic E-state index is 0.363. The Morgan fingerprint density at radius 2 is 2.00 bits per heavy atom. The summed E-state index contributed by atoms with van der Waals surface area (Å²) >= 11 is 0. The first-order chi connectivity index (χ1) is 9.58. The number of aryl methyl sites for hydroxylation is 2. The molecule has 3 N–H and O–H groups in total. The Morgan fingerprint density at radius 1 is 1.35 bits per heavy atom. The van der Waals surface area contributed by atoms with Crippen LogP contribution >= 0.6 is 0 Å². The summed E-state index contributed by atoms with van der Waals surface area (Å²) in [6, 6.07) is 4.07. The number of nitrogens with one attached hydrogen (secondary N) is 1. The molecule has 112 valence electrons. The minimum atomic E-state index is 0.363. The topological polar surface area (TPSA) is 59.1 Å². The zero-order valence-electron chi connectivity index (χ0n) is 12.8. The van der Waals surface area contributed by atoms with Gasteiger partial charge in [0.15, 0.2) is 0 Å². The zero-order chi connectivity index (χ0) is 14.3. The molecule has 1 aromatic rings. The Kier molecular flexibility index (Phi) is 3.84. The van der Waals surface area contributed by atoms with Crippen LogP contribution in [0.15, 0.2) is 6.07 Å². The molecule has 5 nitrogen and oxygen atoms in total. The fourth-order valence-corrected chi connectivity index (χ4v) is 4.22. The first-order valence-electron chi connectivity index (χ1n) is 7.76. The van der Waals surface area contributed by atoms with Gasteiger partial charge in [0.25, 0.3) is 0 Å². The van der Waals surface area contributed by atoms with Crippen molar-refractivity contribution in [1.29, 1.82) is 0 Å². The van der Waals surface area contributed by atoms with Crippen molar-refractivity contribution in [2.45, 2.75) is 57.2 Å². The number of rotatable bonds is 4. The summed E-state index contributed by atoms with van der Waals surface area (Å²) in [5.74, 6) is 6.55. The molecule has 3 unspecified atom stereocenters. The number of hydrogen-bond acceptors (Lipinski definition) is 4. The van der Waals surface area contributed by atoms with E-state index in [0.29, 0.717) is 12.0 Å². The number of nitrogens with zero attached hydrogens (tertiary/aromatic N) is 3. The van der Waals surface area contributed by atoms with E-state index in [1.165, 1.54) is 31.4 Å². The summed E-state index contributed by atoms with van der Waals surface area (Å²) in [6.45, 7) is 2.05. The summed E-state index contributed by atoms with van der Waals surface area (Å²) in [6.07, 6.45) is 6.25. The number of aromatic nitrogens is 2. The first kappa shape index (κ1) is 14.0. The number of hydrogen-bond donors (Lipinski definition) is 2. The molecule has 0 saturated carbocycles. The minimum Gasteiger partial charge on any atom is -0.300 e. The second-order valence-corrected chi connectivity index (χ2v) is 6.66. The van der Waals surface area contributed by atoms with Gasteiger partial charge in [-0.1, -0.05) is 0 Å². The van der Waals surface area contributed by atoms with Gasteiger partial charge >= 0.3 is 0 Å². The Hall–Kier alpha value is -0.910. The molecule has 3 rings (SSSR count). The Bertz CT molecular complexity index is 455. The van der Waals surface area contributed by atoms with Crippen molar-refractivity contribution < 1.29 is 0 Å². The van der Waals surface area contributed by atoms with Crippen molar-refractivity contribution in [1.82, 2.24) is 20.1 Å². The van der Waals surface area contributed by atoms with E-state index < -0.39 is 0 Å². The highest BCUT2D eigenvalue weighted by atomic mass is 15.3. The average molecular weight is 277 g/mol. The third-order valence-corrected chi connectivity index (χ3v) is 5.45. The zero-order valence-corrected chi connectivity index (χ0v) is 12.8. The van der Waals surface area contributed by atoms with Gasteiger partial charge in [0, 0.05) is 37.3 Å².